The molecule has 0 radical (unpaired) electrons. The van der Waals surface area contributed by atoms with E-state index < -0.39 is 0 Å². The Labute approximate surface area is 158 Å². The maximum Gasteiger partial charge on any atom is 0.234 e. The maximum absolute atomic E-state index is 13.2. The van der Waals surface area contributed by atoms with Gasteiger partial charge in [-0.3, -0.25) is 9.69 Å². The van der Waals surface area contributed by atoms with Crippen molar-refractivity contribution in [1.29, 1.82) is 0 Å². The number of hydrogen-bond donors (Lipinski definition) is 2. The van der Waals surface area contributed by atoms with Crippen molar-refractivity contribution in [2.45, 2.75) is 25.3 Å². The second kappa shape index (κ2) is 7.92. The van der Waals surface area contributed by atoms with E-state index in [1.165, 1.54) is 23.1 Å². The molecule has 2 N–H and O–H groups in total. The monoisotopic (exact) mass is 365 g/mol. The zero-order chi connectivity index (χ0) is 18.6. The van der Waals surface area contributed by atoms with Crippen LogP contribution in [-0.4, -0.2) is 35.4 Å². The molecule has 0 saturated carbocycles. The van der Waals surface area contributed by atoms with Crippen LogP contribution < -0.4 is 5.32 Å². The van der Waals surface area contributed by atoms with Gasteiger partial charge in [-0.1, -0.05) is 30.3 Å². The molecule has 2 heterocycles. The van der Waals surface area contributed by atoms with Crippen LogP contribution in [0.1, 0.15) is 30.0 Å². The average molecular weight is 365 g/mol. The average Bonchev–Trinajstić information content (AvgIpc) is 3.30. The Bertz CT molecular complexity index is 919. The van der Waals surface area contributed by atoms with Crippen LogP contribution in [0, 0.1) is 5.82 Å². The smallest absolute Gasteiger partial charge is 0.234 e. The Balaban J connectivity index is 1.30. The van der Waals surface area contributed by atoms with Gasteiger partial charge >= 0.3 is 0 Å². The molecule has 1 aromatic heterocycles. The molecular formula is C22H24FN3O. The van der Waals surface area contributed by atoms with Gasteiger partial charge in [0.2, 0.25) is 5.91 Å². The van der Waals surface area contributed by atoms with Crippen LogP contribution in [0.3, 0.4) is 0 Å². The zero-order valence-corrected chi connectivity index (χ0v) is 15.2. The number of aromatic amines is 1. The van der Waals surface area contributed by atoms with Gasteiger partial charge in [-0.15, -0.1) is 0 Å². The second-order valence-corrected chi connectivity index (χ2v) is 7.14. The van der Waals surface area contributed by atoms with Gasteiger partial charge in [0.1, 0.15) is 5.82 Å². The van der Waals surface area contributed by atoms with E-state index in [4.69, 9.17) is 0 Å². The van der Waals surface area contributed by atoms with E-state index in [-0.39, 0.29) is 17.8 Å². The number of nitrogens with one attached hydrogen (secondary N) is 2. The number of halogens is 1. The van der Waals surface area contributed by atoms with Crippen LogP contribution in [0.2, 0.25) is 0 Å². The largest absolute Gasteiger partial charge is 0.361 e. The molecule has 0 bridgehead atoms. The zero-order valence-electron chi connectivity index (χ0n) is 15.2. The molecule has 1 amide bonds. The van der Waals surface area contributed by atoms with Crippen LogP contribution >= 0.6 is 0 Å². The third-order valence-corrected chi connectivity index (χ3v) is 5.36. The molecule has 1 aliphatic heterocycles. The van der Waals surface area contributed by atoms with Gasteiger partial charge in [-0.25, -0.2) is 4.39 Å². The summed E-state index contributed by atoms with van der Waals surface area (Å²) in [6, 6.07) is 15.0. The number of aromatic nitrogens is 1. The van der Waals surface area contributed by atoms with Crippen LogP contribution in [0.15, 0.2) is 54.7 Å². The molecule has 0 aliphatic carbocycles. The predicted molar refractivity (Wildman–Crippen MR) is 105 cm³/mol. The van der Waals surface area contributed by atoms with Crippen LogP contribution in [0.4, 0.5) is 4.39 Å². The number of amides is 1. The number of benzene rings is 2. The van der Waals surface area contributed by atoms with E-state index in [0.717, 1.165) is 36.9 Å². The van der Waals surface area contributed by atoms with E-state index in [0.29, 0.717) is 13.1 Å². The summed E-state index contributed by atoms with van der Waals surface area (Å²) in [6.07, 6.45) is 4.89. The van der Waals surface area contributed by atoms with E-state index in [1.54, 1.807) is 0 Å². The van der Waals surface area contributed by atoms with Gasteiger partial charge in [-0.05, 0) is 55.1 Å². The van der Waals surface area contributed by atoms with Crippen molar-refractivity contribution < 1.29 is 9.18 Å². The number of hydrogen-bond acceptors (Lipinski definition) is 2. The summed E-state index contributed by atoms with van der Waals surface area (Å²) in [5.41, 5.74) is 3.43. The quantitative estimate of drug-likeness (QED) is 0.698. The lowest BCUT2D eigenvalue weighted by Gasteiger charge is -2.24. The van der Waals surface area contributed by atoms with Gasteiger partial charge in [-0.2, -0.15) is 0 Å². The molecule has 27 heavy (non-hydrogen) atoms. The van der Waals surface area contributed by atoms with Crippen molar-refractivity contribution in [2.24, 2.45) is 0 Å². The Hall–Kier alpha value is -2.66. The Morgan fingerprint density at radius 2 is 2.00 bits per heavy atom. The molecule has 3 aromatic rings. The summed E-state index contributed by atoms with van der Waals surface area (Å²) in [5.74, 6) is -0.179. The summed E-state index contributed by atoms with van der Waals surface area (Å²) < 4.78 is 13.2. The standard InChI is InChI=1S/C22H24FN3O/c23-18-9-7-16(8-10-18)21-6-3-13-26(21)15-22(27)24-12-11-17-14-25-20-5-2-1-4-19(17)20/h1-2,4-5,7-10,14,21,25H,3,6,11-13,15H2,(H,24,27). The lowest BCUT2D eigenvalue weighted by atomic mass is 10.0. The maximum atomic E-state index is 13.2. The Morgan fingerprint density at radius 3 is 2.85 bits per heavy atom. The van der Waals surface area contributed by atoms with Crippen LogP contribution in [0.25, 0.3) is 10.9 Å². The van der Waals surface area contributed by atoms with E-state index in [9.17, 15) is 9.18 Å². The SMILES string of the molecule is O=C(CN1CCCC1c1ccc(F)cc1)NCCc1c[nH]c2ccccc12. The third-order valence-electron chi connectivity index (χ3n) is 5.36. The summed E-state index contributed by atoms with van der Waals surface area (Å²) in [7, 11) is 0. The number of rotatable bonds is 6. The van der Waals surface area contributed by atoms with Gasteiger partial charge < -0.3 is 10.3 Å². The molecule has 0 spiro atoms. The van der Waals surface area contributed by atoms with Gasteiger partial charge in [0, 0.05) is 29.7 Å². The fraction of sp³-hybridized carbons (Fsp3) is 0.318. The molecule has 1 unspecified atom stereocenters. The molecule has 1 fully saturated rings. The normalized spacial score (nSPS) is 17.4. The molecular weight excluding hydrogens is 341 g/mol. The number of para-hydroxylation sites is 1. The topological polar surface area (TPSA) is 48.1 Å². The molecule has 2 aromatic carbocycles. The predicted octanol–water partition coefficient (Wildman–Crippen LogP) is 3.80. The minimum Gasteiger partial charge on any atom is -0.361 e. The molecule has 1 aliphatic rings. The Morgan fingerprint density at radius 1 is 1.19 bits per heavy atom. The first-order chi connectivity index (χ1) is 13.2. The van der Waals surface area contributed by atoms with Gasteiger partial charge in [0.15, 0.2) is 0 Å². The van der Waals surface area contributed by atoms with Gasteiger partial charge in [0.25, 0.3) is 0 Å². The number of likely N-dealkylation sites (tertiary alicyclic amines) is 1. The molecule has 1 saturated heterocycles. The molecule has 5 heteroatoms. The highest BCUT2D eigenvalue weighted by atomic mass is 19.1. The van der Waals surface area contributed by atoms with E-state index in [1.807, 2.05) is 30.5 Å². The third kappa shape index (κ3) is 4.03. The highest BCUT2D eigenvalue weighted by molar-refractivity contribution is 5.83. The first-order valence-corrected chi connectivity index (χ1v) is 9.52. The summed E-state index contributed by atoms with van der Waals surface area (Å²) >= 11 is 0. The highest BCUT2D eigenvalue weighted by Gasteiger charge is 2.27. The Kier molecular flexibility index (Phi) is 5.21. The minimum atomic E-state index is -0.224. The number of carbonyl (C=O) groups excluding carboxylic acids is 1. The van der Waals surface area contributed by atoms with Crippen molar-refractivity contribution in [2.75, 3.05) is 19.6 Å². The minimum absolute atomic E-state index is 0.0452. The molecule has 4 rings (SSSR count). The van der Waals surface area contributed by atoms with Crippen molar-refractivity contribution in [3.63, 3.8) is 0 Å². The molecule has 4 nitrogen and oxygen atoms in total. The molecule has 140 valence electrons. The van der Waals surface area contributed by atoms with Crippen molar-refractivity contribution >= 4 is 16.8 Å². The summed E-state index contributed by atoms with van der Waals surface area (Å²) in [5, 5.41) is 4.25. The summed E-state index contributed by atoms with van der Waals surface area (Å²) in [6.45, 7) is 1.91. The fourth-order valence-electron chi connectivity index (χ4n) is 3.99. The highest BCUT2D eigenvalue weighted by Crippen LogP contribution is 2.31. The number of fused-ring (bicyclic) bond motifs is 1. The molecule has 1 atom stereocenters. The first-order valence-electron chi connectivity index (χ1n) is 9.52. The number of nitrogens with zero attached hydrogens (tertiary/aromatic N) is 1. The fourth-order valence-corrected chi connectivity index (χ4v) is 3.99. The lowest BCUT2D eigenvalue weighted by Crippen LogP contribution is -2.37. The number of carbonyl (C=O) groups is 1. The van der Waals surface area contributed by atoms with Crippen molar-refractivity contribution in [1.82, 2.24) is 15.2 Å². The summed E-state index contributed by atoms with van der Waals surface area (Å²) in [4.78, 5) is 17.9. The first kappa shape index (κ1) is 17.7. The van der Waals surface area contributed by atoms with Crippen LogP contribution in [-0.2, 0) is 11.2 Å². The van der Waals surface area contributed by atoms with Crippen molar-refractivity contribution in [3.8, 4) is 0 Å². The number of H-pyrrole nitrogens is 1. The van der Waals surface area contributed by atoms with E-state index in [2.05, 4.69) is 27.3 Å². The lowest BCUT2D eigenvalue weighted by molar-refractivity contribution is -0.122. The van der Waals surface area contributed by atoms with Gasteiger partial charge in [0.05, 0.1) is 6.54 Å². The van der Waals surface area contributed by atoms with Crippen LogP contribution in [0.5, 0.6) is 0 Å². The van der Waals surface area contributed by atoms with Crippen molar-refractivity contribution in [3.05, 3.63) is 71.7 Å². The second-order valence-electron chi connectivity index (χ2n) is 7.14. The van der Waals surface area contributed by atoms with E-state index >= 15 is 0 Å².